The quantitative estimate of drug-likeness (QED) is 0.681. The Balaban J connectivity index is 4.60. The second-order valence-electron chi connectivity index (χ2n) is 3.57. The lowest BCUT2D eigenvalue weighted by Gasteiger charge is -2.18. The Hall–Kier alpha value is -0.600. The average Bonchev–Trinajstić information content (AvgIpc) is 1.80. The Labute approximate surface area is 73.3 Å². The first-order valence-corrected chi connectivity index (χ1v) is 5.30. The smallest absolute Gasteiger partial charge is 0.167 e. The number of hydrogen-bond donors (Lipinski definition) is 1. The normalized spacial score (nSPS) is 15.2. The molecular formula is C7H14N2O2S. The molecule has 12 heavy (non-hydrogen) atoms. The maximum Gasteiger partial charge on any atom is 0.167 e. The molecule has 2 N–H and O–H groups in total. The van der Waals surface area contributed by atoms with Crippen molar-refractivity contribution in [3.05, 3.63) is 0 Å². The van der Waals surface area contributed by atoms with Gasteiger partial charge in [0.2, 0.25) is 0 Å². The molecule has 4 nitrogen and oxygen atoms in total. The van der Waals surface area contributed by atoms with Crippen LogP contribution >= 0.6 is 0 Å². The Bertz CT molecular complexity index is 282. The van der Waals surface area contributed by atoms with Crippen LogP contribution in [-0.4, -0.2) is 25.0 Å². The second-order valence-corrected chi connectivity index (χ2v) is 5.89. The van der Waals surface area contributed by atoms with E-state index in [4.69, 9.17) is 11.0 Å². The molecule has 0 aromatic rings. The first-order chi connectivity index (χ1) is 5.19. The van der Waals surface area contributed by atoms with Crippen molar-refractivity contribution in [2.75, 3.05) is 5.75 Å². The lowest BCUT2D eigenvalue weighted by Crippen LogP contribution is -2.42. The highest BCUT2D eigenvalue weighted by molar-refractivity contribution is 7.92. The van der Waals surface area contributed by atoms with Crippen molar-refractivity contribution in [1.29, 1.82) is 5.26 Å². The maximum atomic E-state index is 11.3. The van der Waals surface area contributed by atoms with Gasteiger partial charge in [0.15, 0.2) is 9.84 Å². The number of nitrogens with two attached hydrogens (primary N) is 1. The summed E-state index contributed by atoms with van der Waals surface area (Å²) in [7, 11) is -3.35. The average molecular weight is 190 g/mol. The van der Waals surface area contributed by atoms with E-state index in [0.717, 1.165) is 0 Å². The molecule has 0 radical (unpaired) electrons. The zero-order chi connectivity index (χ0) is 9.99. The van der Waals surface area contributed by atoms with Gasteiger partial charge in [0.05, 0.1) is 11.8 Å². The fraction of sp³-hybridized carbons (Fsp3) is 0.857. The van der Waals surface area contributed by atoms with Crippen molar-refractivity contribution in [2.24, 2.45) is 5.73 Å². The molecule has 0 spiro atoms. The van der Waals surface area contributed by atoms with Gasteiger partial charge >= 0.3 is 0 Å². The fourth-order valence-corrected chi connectivity index (χ4v) is 2.17. The lowest BCUT2D eigenvalue weighted by atomic mass is 10.1. The van der Waals surface area contributed by atoms with E-state index in [1.807, 2.05) is 0 Å². The Morgan fingerprint density at radius 1 is 1.58 bits per heavy atom. The van der Waals surface area contributed by atoms with Crippen LogP contribution in [0.5, 0.6) is 0 Å². The maximum absolute atomic E-state index is 11.3. The second kappa shape index (κ2) is 3.42. The van der Waals surface area contributed by atoms with Gasteiger partial charge in [-0.1, -0.05) is 0 Å². The third-order valence-electron chi connectivity index (χ3n) is 1.29. The third kappa shape index (κ3) is 3.69. The molecule has 0 rings (SSSR count). The minimum absolute atomic E-state index is 0.158. The van der Waals surface area contributed by atoms with Crippen molar-refractivity contribution >= 4 is 9.84 Å². The molecule has 1 atom stereocenters. The van der Waals surface area contributed by atoms with E-state index in [0.29, 0.717) is 0 Å². The van der Waals surface area contributed by atoms with Crippen LogP contribution in [0.1, 0.15) is 20.8 Å². The Kier molecular flexibility index (Phi) is 3.25. The molecule has 0 aromatic carbocycles. The van der Waals surface area contributed by atoms with E-state index >= 15 is 0 Å². The number of hydrogen-bond acceptors (Lipinski definition) is 4. The summed E-state index contributed by atoms with van der Waals surface area (Å²) in [6, 6.07) is 1.68. The van der Waals surface area contributed by atoms with Crippen molar-refractivity contribution in [1.82, 2.24) is 0 Å². The summed E-state index contributed by atoms with van der Waals surface area (Å²) in [5.74, 6) is -0.158. The van der Waals surface area contributed by atoms with E-state index in [2.05, 4.69) is 0 Å². The standard InChI is InChI=1S/C7H14N2O2S/c1-6(4-8)12(10,11)5-7(2,3)9/h6H,5,9H2,1-3H3. The van der Waals surface area contributed by atoms with E-state index in [1.54, 1.807) is 19.9 Å². The summed E-state index contributed by atoms with van der Waals surface area (Å²) in [5, 5.41) is 7.43. The first-order valence-electron chi connectivity index (χ1n) is 3.59. The summed E-state index contributed by atoms with van der Waals surface area (Å²) in [6.45, 7) is 4.60. The number of nitrogens with zero attached hydrogens (tertiary/aromatic N) is 1. The highest BCUT2D eigenvalue weighted by atomic mass is 32.2. The van der Waals surface area contributed by atoms with Gasteiger partial charge in [-0.05, 0) is 20.8 Å². The molecule has 0 fully saturated rings. The Morgan fingerprint density at radius 3 is 2.25 bits per heavy atom. The number of rotatable bonds is 3. The molecule has 0 aliphatic heterocycles. The van der Waals surface area contributed by atoms with Gasteiger partial charge in [-0.2, -0.15) is 5.26 Å². The summed E-state index contributed by atoms with van der Waals surface area (Å²) < 4.78 is 22.5. The molecule has 0 saturated heterocycles. The van der Waals surface area contributed by atoms with Gasteiger partial charge in [0, 0.05) is 5.54 Å². The topological polar surface area (TPSA) is 84.0 Å². The SMILES string of the molecule is CC(C#N)S(=O)(=O)CC(C)(C)N. The van der Waals surface area contributed by atoms with E-state index in [-0.39, 0.29) is 5.75 Å². The monoisotopic (exact) mass is 190 g/mol. The summed E-state index contributed by atoms with van der Waals surface area (Å²) in [5.41, 5.74) is 4.75. The zero-order valence-electron chi connectivity index (χ0n) is 7.53. The highest BCUT2D eigenvalue weighted by Crippen LogP contribution is 2.08. The van der Waals surface area contributed by atoms with E-state index in [1.165, 1.54) is 6.92 Å². The molecular weight excluding hydrogens is 176 g/mol. The lowest BCUT2D eigenvalue weighted by molar-refractivity contribution is 0.541. The van der Waals surface area contributed by atoms with Gasteiger partial charge in [-0.3, -0.25) is 0 Å². The van der Waals surface area contributed by atoms with E-state index in [9.17, 15) is 8.42 Å². The summed E-state index contributed by atoms with van der Waals surface area (Å²) in [4.78, 5) is 0. The van der Waals surface area contributed by atoms with Gasteiger partial charge in [0.1, 0.15) is 5.25 Å². The van der Waals surface area contributed by atoms with Crippen molar-refractivity contribution in [2.45, 2.75) is 31.6 Å². The number of sulfone groups is 1. The molecule has 1 unspecified atom stereocenters. The Morgan fingerprint density at radius 2 is 2.00 bits per heavy atom. The molecule has 0 aliphatic rings. The molecule has 0 aliphatic carbocycles. The largest absolute Gasteiger partial charge is 0.325 e. The summed E-state index contributed by atoms with van der Waals surface area (Å²) >= 11 is 0. The minimum Gasteiger partial charge on any atom is -0.325 e. The van der Waals surface area contributed by atoms with Crippen LogP contribution in [0, 0.1) is 11.3 Å². The van der Waals surface area contributed by atoms with Crippen LogP contribution in [-0.2, 0) is 9.84 Å². The van der Waals surface area contributed by atoms with Gasteiger partial charge in [-0.25, -0.2) is 8.42 Å². The van der Waals surface area contributed by atoms with Crippen LogP contribution in [0.15, 0.2) is 0 Å². The summed E-state index contributed by atoms with van der Waals surface area (Å²) in [6.07, 6.45) is 0. The fourth-order valence-electron chi connectivity index (χ4n) is 0.724. The van der Waals surface area contributed by atoms with Crippen LogP contribution in [0.3, 0.4) is 0 Å². The molecule has 5 heteroatoms. The third-order valence-corrected chi connectivity index (χ3v) is 3.62. The van der Waals surface area contributed by atoms with Crippen LogP contribution in [0.25, 0.3) is 0 Å². The minimum atomic E-state index is -3.35. The predicted octanol–water partition coefficient (Wildman–Crippen LogP) is 0.0506. The molecule has 0 bridgehead atoms. The zero-order valence-corrected chi connectivity index (χ0v) is 8.35. The van der Waals surface area contributed by atoms with Crippen LogP contribution in [0.2, 0.25) is 0 Å². The van der Waals surface area contributed by atoms with Crippen LogP contribution in [0.4, 0.5) is 0 Å². The molecule has 0 heterocycles. The highest BCUT2D eigenvalue weighted by Gasteiger charge is 2.27. The van der Waals surface area contributed by atoms with Crippen molar-refractivity contribution in [3.63, 3.8) is 0 Å². The number of nitriles is 1. The molecule has 0 aromatic heterocycles. The predicted molar refractivity (Wildman–Crippen MR) is 47.1 cm³/mol. The van der Waals surface area contributed by atoms with Crippen molar-refractivity contribution < 1.29 is 8.42 Å². The van der Waals surface area contributed by atoms with Gasteiger partial charge in [-0.15, -0.1) is 0 Å². The molecule has 70 valence electrons. The molecule has 0 saturated carbocycles. The molecule has 0 amide bonds. The van der Waals surface area contributed by atoms with Gasteiger partial charge < -0.3 is 5.73 Å². The van der Waals surface area contributed by atoms with Crippen LogP contribution < -0.4 is 5.73 Å². The first kappa shape index (κ1) is 11.4. The van der Waals surface area contributed by atoms with Gasteiger partial charge in [0.25, 0.3) is 0 Å². The van der Waals surface area contributed by atoms with E-state index < -0.39 is 20.6 Å². The van der Waals surface area contributed by atoms with Crippen molar-refractivity contribution in [3.8, 4) is 6.07 Å².